The predicted molar refractivity (Wildman–Crippen MR) is 93.9 cm³/mol. The molecule has 5 nitrogen and oxygen atoms in total. The van der Waals surface area contributed by atoms with Crippen molar-refractivity contribution in [2.24, 2.45) is 5.92 Å². The average molecular weight is 334 g/mol. The van der Waals surface area contributed by atoms with Gasteiger partial charge in [0.2, 0.25) is 0 Å². The van der Waals surface area contributed by atoms with Crippen molar-refractivity contribution in [3.63, 3.8) is 0 Å². The monoisotopic (exact) mass is 334 g/mol. The first-order chi connectivity index (χ1) is 11.5. The molecule has 0 aliphatic carbocycles. The topological polar surface area (TPSA) is 51.7 Å². The molecule has 1 aliphatic rings. The summed E-state index contributed by atoms with van der Waals surface area (Å²) < 4.78 is 11.0. The number of morpholine rings is 1. The Morgan fingerprint density at radius 3 is 2.88 bits per heavy atom. The Labute approximate surface area is 145 Å². The summed E-state index contributed by atoms with van der Waals surface area (Å²) >= 11 is 0. The van der Waals surface area contributed by atoms with Gasteiger partial charge in [-0.2, -0.15) is 0 Å². The van der Waals surface area contributed by atoms with Gasteiger partial charge in [-0.1, -0.05) is 39.7 Å². The van der Waals surface area contributed by atoms with Crippen LogP contribution in [0, 0.1) is 5.92 Å². The molecule has 0 spiro atoms. The zero-order valence-electron chi connectivity index (χ0n) is 15.3. The number of unbranched alkanes of at least 4 members (excludes halogenated alkanes) is 1. The number of esters is 1. The summed E-state index contributed by atoms with van der Waals surface area (Å²) in [5, 5.41) is 0. The highest BCUT2D eigenvalue weighted by Gasteiger charge is 2.29. The Balaban J connectivity index is 2.05. The van der Waals surface area contributed by atoms with Gasteiger partial charge < -0.3 is 9.47 Å². The van der Waals surface area contributed by atoms with Crippen LogP contribution in [0.1, 0.15) is 56.2 Å². The quantitative estimate of drug-likeness (QED) is 0.716. The van der Waals surface area contributed by atoms with Gasteiger partial charge in [0, 0.05) is 19.6 Å². The number of ether oxygens (including phenoxy) is 2. The molecule has 5 heteroatoms. The Hall–Kier alpha value is -1.46. The number of hydrogen-bond donors (Lipinski definition) is 0. The smallest absolute Gasteiger partial charge is 0.356 e. The van der Waals surface area contributed by atoms with Gasteiger partial charge in [0.1, 0.15) is 5.69 Å². The number of carbonyl (C=O) groups excluding carboxylic acids is 1. The molecule has 24 heavy (non-hydrogen) atoms. The molecule has 0 radical (unpaired) electrons. The highest BCUT2D eigenvalue weighted by molar-refractivity contribution is 5.87. The van der Waals surface area contributed by atoms with Gasteiger partial charge in [0.15, 0.2) is 0 Å². The Morgan fingerprint density at radius 2 is 2.21 bits per heavy atom. The van der Waals surface area contributed by atoms with Crippen LogP contribution in [0.5, 0.6) is 0 Å². The van der Waals surface area contributed by atoms with E-state index in [0.717, 1.165) is 31.7 Å². The molecule has 1 fully saturated rings. The minimum Gasteiger partial charge on any atom is -0.464 e. The molecule has 1 aromatic heterocycles. The van der Waals surface area contributed by atoms with E-state index in [1.165, 1.54) is 20.0 Å². The zero-order chi connectivity index (χ0) is 17.5. The normalized spacial score (nSPS) is 21.9. The van der Waals surface area contributed by atoms with E-state index in [1.807, 2.05) is 12.1 Å². The molecular weight excluding hydrogens is 304 g/mol. The van der Waals surface area contributed by atoms with Crippen LogP contribution in [0.25, 0.3) is 0 Å². The second-order valence-corrected chi connectivity index (χ2v) is 6.88. The second kappa shape index (κ2) is 9.14. The Bertz CT molecular complexity index is 533. The molecule has 0 saturated carbocycles. The number of pyridine rings is 1. The maximum Gasteiger partial charge on any atom is 0.356 e. The van der Waals surface area contributed by atoms with Gasteiger partial charge in [-0.05, 0) is 24.5 Å². The van der Waals surface area contributed by atoms with Gasteiger partial charge in [0.05, 0.1) is 25.0 Å². The third-order valence-electron chi connectivity index (χ3n) is 4.48. The molecule has 0 amide bonds. The van der Waals surface area contributed by atoms with Crippen molar-refractivity contribution in [3.8, 4) is 0 Å². The summed E-state index contributed by atoms with van der Waals surface area (Å²) in [6, 6.07) is 5.52. The van der Waals surface area contributed by atoms with Crippen LogP contribution in [0.2, 0.25) is 0 Å². The van der Waals surface area contributed by atoms with E-state index in [-0.39, 0.29) is 18.2 Å². The molecule has 1 aliphatic heterocycles. The minimum absolute atomic E-state index is 0.254. The van der Waals surface area contributed by atoms with E-state index >= 15 is 0 Å². The number of carbonyl (C=O) groups is 1. The number of hydrogen-bond acceptors (Lipinski definition) is 5. The highest BCUT2D eigenvalue weighted by Crippen LogP contribution is 2.22. The van der Waals surface area contributed by atoms with Crippen LogP contribution in [0.15, 0.2) is 18.2 Å². The lowest BCUT2D eigenvalue weighted by atomic mass is 10.0. The van der Waals surface area contributed by atoms with E-state index < -0.39 is 0 Å². The maximum absolute atomic E-state index is 11.7. The van der Waals surface area contributed by atoms with Gasteiger partial charge in [0.25, 0.3) is 0 Å². The molecule has 0 N–H and O–H groups in total. The van der Waals surface area contributed by atoms with Crippen LogP contribution < -0.4 is 0 Å². The first-order valence-electron chi connectivity index (χ1n) is 8.95. The van der Waals surface area contributed by atoms with Crippen LogP contribution in [0.4, 0.5) is 0 Å². The summed E-state index contributed by atoms with van der Waals surface area (Å²) in [5.41, 5.74) is 1.27. The first kappa shape index (κ1) is 18.9. The third-order valence-corrected chi connectivity index (χ3v) is 4.48. The number of rotatable bonds is 7. The molecule has 2 rings (SSSR count). The van der Waals surface area contributed by atoms with Gasteiger partial charge in [-0.25, -0.2) is 9.78 Å². The Kier molecular flexibility index (Phi) is 7.18. The molecule has 1 aromatic rings. The minimum atomic E-state index is -0.389. The lowest BCUT2D eigenvalue weighted by Gasteiger charge is -2.39. The molecule has 0 bridgehead atoms. The summed E-state index contributed by atoms with van der Waals surface area (Å²) in [7, 11) is 1.38. The van der Waals surface area contributed by atoms with Crippen LogP contribution in [0.3, 0.4) is 0 Å². The molecule has 2 heterocycles. The zero-order valence-corrected chi connectivity index (χ0v) is 15.3. The molecule has 0 unspecified atom stereocenters. The molecule has 1 saturated heterocycles. The van der Waals surface area contributed by atoms with E-state index in [0.29, 0.717) is 11.6 Å². The van der Waals surface area contributed by atoms with Crippen molar-refractivity contribution in [2.45, 2.75) is 58.8 Å². The average Bonchev–Trinajstić information content (AvgIpc) is 2.59. The molecule has 0 aromatic carbocycles. The number of methoxy groups -OCH3 is 1. The van der Waals surface area contributed by atoms with Crippen LogP contribution >= 0.6 is 0 Å². The van der Waals surface area contributed by atoms with E-state index in [9.17, 15) is 4.79 Å². The van der Waals surface area contributed by atoms with Crippen molar-refractivity contribution >= 4 is 5.97 Å². The van der Waals surface area contributed by atoms with Crippen LogP contribution in [-0.2, 0) is 16.0 Å². The number of aromatic nitrogens is 1. The van der Waals surface area contributed by atoms with Crippen molar-refractivity contribution in [3.05, 3.63) is 29.6 Å². The molecule has 2 atom stereocenters. The SMILES string of the molecule is CCCC[C@@H]1CN(Cc2cccc(C(=O)OC)n2)C[C@H](C(C)C)O1. The third kappa shape index (κ3) is 5.28. The summed E-state index contributed by atoms with van der Waals surface area (Å²) in [5.74, 6) is 0.103. The van der Waals surface area contributed by atoms with E-state index in [1.54, 1.807) is 6.07 Å². The second-order valence-electron chi connectivity index (χ2n) is 6.88. The van der Waals surface area contributed by atoms with Gasteiger partial charge >= 0.3 is 5.97 Å². The fourth-order valence-electron chi connectivity index (χ4n) is 3.05. The summed E-state index contributed by atoms with van der Waals surface area (Å²) in [6.45, 7) is 9.20. The van der Waals surface area contributed by atoms with Crippen molar-refractivity contribution in [1.29, 1.82) is 0 Å². The Morgan fingerprint density at radius 1 is 1.42 bits per heavy atom. The molecular formula is C19H30N2O3. The van der Waals surface area contributed by atoms with Gasteiger partial charge in [-0.3, -0.25) is 4.90 Å². The fraction of sp³-hybridized carbons (Fsp3) is 0.684. The predicted octanol–water partition coefficient (Wildman–Crippen LogP) is 3.28. The summed E-state index contributed by atoms with van der Waals surface area (Å²) in [6.07, 6.45) is 4.03. The largest absolute Gasteiger partial charge is 0.464 e. The lowest BCUT2D eigenvalue weighted by molar-refractivity contribution is -0.108. The fourth-order valence-corrected chi connectivity index (χ4v) is 3.05. The van der Waals surface area contributed by atoms with E-state index in [2.05, 4.69) is 30.7 Å². The van der Waals surface area contributed by atoms with Crippen molar-refractivity contribution < 1.29 is 14.3 Å². The standard InChI is InChI=1S/C19H30N2O3/c1-5-6-9-16-12-21(13-18(24-16)14(2)3)11-15-8-7-10-17(20-15)19(22)23-4/h7-8,10,14,16,18H,5-6,9,11-13H2,1-4H3/t16-,18-/m1/s1. The van der Waals surface area contributed by atoms with Crippen molar-refractivity contribution in [2.75, 3.05) is 20.2 Å². The number of nitrogens with zero attached hydrogens (tertiary/aromatic N) is 2. The van der Waals surface area contributed by atoms with E-state index in [4.69, 9.17) is 9.47 Å². The lowest BCUT2D eigenvalue weighted by Crippen LogP contribution is -2.49. The highest BCUT2D eigenvalue weighted by atomic mass is 16.5. The first-order valence-corrected chi connectivity index (χ1v) is 8.95. The van der Waals surface area contributed by atoms with Crippen LogP contribution in [-0.4, -0.2) is 48.3 Å². The maximum atomic E-state index is 11.7. The molecule has 134 valence electrons. The van der Waals surface area contributed by atoms with Gasteiger partial charge in [-0.15, -0.1) is 0 Å². The summed E-state index contributed by atoms with van der Waals surface area (Å²) in [4.78, 5) is 18.5. The van der Waals surface area contributed by atoms with Crippen molar-refractivity contribution in [1.82, 2.24) is 9.88 Å².